The predicted octanol–water partition coefficient (Wildman–Crippen LogP) is 4.21. The number of amides is 1. The number of ether oxygens (including phenoxy) is 3. The molecule has 142 valence electrons. The number of hydrogen-bond donors (Lipinski definition) is 1. The average molecular weight is 410 g/mol. The summed E-state index contributed by atoms with van der Waals surface area (Å²) in [5.74, 6) is -0.126. The van der Waals surface area contributed by atoms with Gasteiger partial charge in [0.1, 0.15) is 0 Å². The fourth-order valence-electron chi connectivity index (χ4n) is 2.10. The SMILES string of the molecule is COc1ccc(/C=C/C(=O)OCC(=O)Nc2c(Cl)cccc2Cl)cc1OC. The Kier molecular flexibility index (Phi) is 7.52. The van der Waals surface area contributed by atoms with E-state index in [0.29, 0.717) is 17.1 Å². The normalized spacial score (nSPS) is 10.5. The highest BCUT2D eigenvalue weighted by molar-refractivity contribution is 6.39. The molecule has 2 rings (SSSR count). The minimum atomic E-state index is -0.676. The van der Waals surface area contributed by atoms with Gasteiger partial charge in [0.2, 0.25) is 0 Å². The van der Waals surface area contributed by atoms with Crippen LogP contribution in [0.25, 0.3) is 6.08 Å². The number of rotatable bonds is 7. The van der Waals surface area contributed by atoms with Crippen LogP contribution in [0.15, 0.2) is 42.5 Å². The second kappa shape index (κ2) is 9.85. The molecule has 0 unspecified atom stereocenters. The zero-order valence-corrected chi connectivity index (χ0v) is 16.1. The van der Waals surface area contributed by atoms with Crippen molar-refractivity contribution in [3.05, 3.63) is 58.1 Å². The Morgan fingerprint density at radius 1 is 1.04 bits per heavy atom. The van der Waals surface area contributed by atoms with Crippen LogP contribution in [0.4, 0.5) is 5.69 Å². The summed E-state index contributed by atoms with van der Waals surface area (Å²) in [4.78, 5) is 23.7. The van der Waals surface area contributed by atoms with Crippen LogP contribution < -0.4 is 14.8 Å². The molecule has 27 heavy (non-hydrogen) atoms. The first kappa shape index (κ1) is 20.6. The zero-order chi connectivity index (χ0) is 19.8. The van der Waals surface area contributed by atoms with E-state index in [0.717, 1.165) is 0 Å². The average Bonchev–Trinajstić information content (AvgIpc) is 2.67. The van der Waals surface area contributed by atoms with Gasteiger partial charge in [-0.1, -0.05) is 35.3 Å². The van der Waals surface area contributed by atoms with Gasteiger partial charge < -0.3 is 19.5 Å². The van der Waals surface area contributed by atoms with Crippen molar-refractivity contribution in [1.29, 1.82) is 0 Å². The summed E-state index contributed by atoms with van der Waals surface area (Å²) in [5.41, 5.74) is 0.972. The molecule has 0 saturated heterocycles. The molecule has 0 fully saturated rings. The minimum absolute atomic E-state index is 0.266. The zero-order valence-electron chi connectivity index (χ0n) is 14.6. The van der Waals surface area contributed by atoms with Gasteiger partial charge in [-0.05, 0) is 35.9 Å². The Labute approximate surface area is 166 Å². The Bertz CT molecular complexity index is 847. The second-order valence-corrected chi connectivity index (χ2v) is 6.01. The highest BCUT2D eigenvalue weighted by atomic mass is 35.5. The Balaban J connectivity index is 1.90. The first-order valence-corrected chi connectivity index (χ1v) is 8.51. The van der Waals surface area contributed by atoms with E-state index in [9.17, 15) is 9.59 Å². The van der Waals surface area contributed by atoms with E-state index >= 15 is 0 Å². The van der Waals surface area contributed by atoms with Crippen LogP contribution >= 0.6 is 23.2 Å². The minimum Gasteiger partial charge on any atom is -0.493 e. The number of nitrogens with one attached hydrogen (secondary N) is 1. The van der Waals surface area contributed by atoms with E-state index in [1.54, 1.807) is 36.4 Å². The van der Waals surface area contributed by atoms with Crippen molar-refractivity contribution in [2.45, 2.75) is 0 Å². The van der Waals surface area contributed by atoms with Crippen LogP contribution in [0.2, 0.25) is 10.0 Å². The van der Waals surface area contributed by atoms with Crippen LogP contribution in [0.5, 0.6) is 11.5 Å². The molecule has 1 N–H and O–H groups in total. The van der Waals surface area contributed by atoms with Crippen molar-refractivity contribution in [2.75, 3.05) is 26.1 Å². The van der Waals surface area contributed by atoms with Crippen molar-refractivity contribution in [3.63, 3.8) is 0 Å². The molecule has 0 atom stereocenters. The fourth-order valence-corrected chi connectivity index (χ4v) is 2.59. The predicted molar refractivity (Wildman–Crippen MR) is 105 cm³/mol. The van der Waals surface area contributed by atoms with Gasteiger partial charge in [-0.3, -0.25) is 4.79 Å². The number of carbonyl (C=O) groups excluding carboxylic acids is 2. The lowest BCUT2D eigenvalue weighted by atomic mass is 10.2. The van der Waals surface area contributed by atoms with Crippen LogP contribution in [-0.2, 0) is 14.3 Å². The lowest BCUT2D eigenvalue weighted by Crippen LogP contribution is -2.20. The molecule has 0 aliphatic carbocycles. The second-order valence-electron chi connectivity index (χ2n) is 5.20. The Morgan fingerprint density at radius 3 is 2.33 bits per heavy atom. The summed E-state index contributed by atoms with van der Waals surface area (Å²) in [6.07, 6.45) is 2.74. The van der Waals surface area contributed by atoms with Gasteiger partial charge >= 0.3 is 5.97 Å². The Morgan fingerprint density at radius 2 is 1.70 bits per heavy atom. The molecule has 0 spiro atoms. The number of hydrogen-bond acceptors (Lipinski definition) is 5. The van der Waals surface area contributed by atoms with Crippen molar-refractivity contribution in [3.8, 4) is 11.5 Å². The van der Waals surface area contributed by atoms with Crippen LogP contribution in [-0.4, -0.2) is 32.7 Å². The summed E-state index contributed by atoms with van der Waals surface area (Å²) in [5, 5.41) is 3.08. The summed E-state index contributed by atoms with van der Waals surface area (Å²) in [7, 11) is 3.05. The van der Waals surface area contributed by atoms with Gasteiger partial charge in [0, 0.05) is 6.08 Å². The van der Waals surface area contributed by atoms with E-state index in [4.69, 9.17) is 37.4 Å². The maximum absolute atomic E-state index is 11.9. The van der Waals surface area contributed by atoms with E-state index < -0.39 is 18.5 Å². The molecular formula is C19H17Cl2NO5. The van der Waals surface area contributed by atoms with Crippen LogP contribution in [0.1, 0.15) is 5.56 Å². The van der Waals surface area contributed by atoms with Crippen molar-refractivity contribution in [1.82, 2.24) is 0 Å². The third-order valence-electron chi connectivity index (χ3n) is 3.39. The molecule has 0 aromatic heterocycles. The molecule has 8 heteroatoms. The highest BCUT2D eigenvalue weighted by Crippen LogP contribution is 2.30. The molecule has 0 bridgehead atoms. The summed E-state index contributed by atoms with van der Waals surface area (Å²) in [6.45, 7) is -0.476. The summed E-state index contributed by atoms with van der Waals surface area (Å²) in [6, 6.07) is 9.98. The number of carbonyl (C=O) groups is 2. The Hall–Kier alpha value is -2.70. The third-order valence-corrected chi connectivity index (χ3v) is 4.02. The third kappa shape index (κ3) is 5.91. The lowest BCUT2D eigenvalue weighted by Gasteiger charge is -2.09. The van der Waals surface area contributed by atoms with Crippen LogP contribution in [0, 0.1) is 0 Å². The molecule has 0 aliphatic rings. The maximum Gasteiger partial charge on any atom is 0.331 e. The van der Waals surface area contributed by atoms with Gasteiger partial charge in [-0.15, -0.1) is 0 Å². The van der Waals surface area contributed by atoms with Gasteiger partial charge in [-0.25, -0.2) is 4.79 Å². The van der Waals surface area contributed by atoms with E-state index in [1.165, 1.54) is 26.4 Å². The van der Waals surface area contributed by atoms with E-state index in [2.05, 4.69) is 5.32 Å². The van der Waals surface area contributed by atoms with E-state index in [1.807, 2.05) is 0 Å². The van der Waals surface area contributed by atoms with Gasteiger partial charge in [0.05, 0.1) is 30.0 Å². The molecular weight excluding hydrogens is 393 g/mol. The van der Waals surface area contributed by atoms with Gasteiger partial charge in [0.15, 0.2) is 18.1 Å². The first-order valence-electron chi connectivity index (χ1n) is 7.75. The number of benzene rings is 2. The maximum atomic E-state index is 11.9. The molecule has 1 amide bonds. The lowest BCUT2D eigenvalue weighted by molar-refractivity contribution is -0.142. The summed E-state index contributed by atoms with van der Waals surface area (Å²) < 4.78 is 15.2. The van der Waals surface area contributed by atoms with Gasteiger partial charge in [0.25, 0.3) is 5.91 Å². The molecule has 6 nitrogen and oxygen atoms in total. The van der Waals surface area contributed by atoms with Crippen molar-refractivity contribution in [2.24, 2.45) is 0 Å². The number of anilines is 1. The quantitative estimate of drug-likeness (QED) is 0.547. The standard InChI is InChI=1S/C19H17Cl2NO5/c1-25-15-8-6-12(10-16(15)26-2)7-9-18(24)27-11-17(23)22-19-13(20)4-3-5-14(19)21/h3-10H,11H2,1-2H3,(H,22,23)/b9-7+. The number of methoxy groups -OCH3 is 2. The molecule has 0 saturated carbocycles. The van der Waals surface area contributed by atoms with Crippen molar-refractivity contribution < 1.29 is 23.8 Å². The summed E-state index contributed by atoms with van der Waals surface area (Å²) >= 11 is 11.9. The molecule has 0 heterocycles. The molecule has 0 aliphatic heterocycles. The monoisotopic (exact) mass is 409 g/mol. The topological polar surface area (TPSA) is 73.9 Å². The number of para-hydroxylation sites is 1. The number of halogens is 2. The smallest absolute Gasteiger partial charge is 0.331 e. The largest absolute Gasteiger partial charge is 0.493 e. The highest BCUT2D eigenvalue weighted by Gasteiger charge is 2.11. The van der Waals surface area contributed by atoms with Crippen LogP contribution in [0.3, 0.4) is 0 Å². The fraction of sp³-hybridized carbons (Fsp3) is 0.158. The number of esters is 1. The first-order chi connectivity index (χ1) is 12.9. The molecule has 0 radical (unpaired) electrons. The molecule has 2 aromatic rings. The van der Waals surface area contributed by atoms with Gasteiger partial charge in [-0.2, -0.15) is 0 Å². The van der Waals surface area contributed by atoms with Crippen molar-refractivity contribution >= 4 is 46.8 Å². The van der Waals surface area contributed by atoms with E-state index in [-0.39, 0.29) is 15.7 Å². The molecule has 2 aromatic carbocycles.